The fourth-order valence-corrected chi connectivity index (χ4v) is 1.90. The lowest BCUT2D eigenvalue weighted by Crippen LogP contribution is -2.11. The van der Waals surface area contributed by atoms with E-state index in [-0.39, 0.29) is 0 Å². The topological polar surface area (TPSA) is 78.3 Å². The van der Waals surface area contributed by atoms with Crippen molar-refractivity contribution in [1.82, 2.24) is 0 Å². The third-order valence-electron chi connectivity index (χ3n) is 2.97. The van der Waals surface area contributed by atoms with Crippen LogP contribution in [0.15, 0.2) is 48.5 Å². The van der Waals surface area contributed by atoms with Crippen molar-refractivity contribution in [2.45, 2.75) is 13.0 Å². The number of benzene rings is 2. The van der Waals surface area contributed by atoms with Gasteiger partial charge in [0, 0.05) is 5.56 Å². The average molecular weight is 270 g/mol. The van der Waals surface area contributed by atoms with Gasteiger partial charge in [-0.1, -0.05) is 24.3 Å². The van der Waals surface area contributed by atoms with Crippen LogP contribution >= 0.6 is 0 Å². The molecule has 0 unspecified atom stereocenters. The van der Waals surface area contributed by atoms with E-state index in [1.807, 2.05) is 30.3 Å². The molecule has 4 N–H and O–H groups in total. The minimum atomic E-state index is -0.432. The number of ether oxygens (including phenoxy) is 1. The van der Waals surface area contributed by atoms with E-state index in [4.69, 9.17) is 16.2 Å². The van der Waals surface area contributed by atoms with E-state index in [1.165, 1.54) is 5.56 Å². The molecule has 0 spiro atoms. The second kappa shape index (κ2) is 6.73. The molecule has 4 heteroatoms. The van der Waals surface area contributed by atoms with Crippen LogP contribution in [0.2, 0.25) is 0 Å². The zero-order valence-electron chi connectivity index (χ0n) is 11.2. The molecule has 0 saturated carbocycles. The summed E-state index contributed by atoms with van der Waals surface area (Å²) in [7, 11) is 0. The smallest absolute Gasteiger partial charge is 0.248 e. The number of rotatable bonds is 6. The Morgan fingerprint density at radius 2 is 1.80 bits per heavy atom. The Bertz CT molecular complexity index is 579. The highest BCUT2D eigenvalue weighted by molar-refractivity contribution is 5.92. The van der Waals surface area contributed by atoms with Crippen LogP contribution < -0.4 is 16.2 Å². The van der Waals surface area contributed by atoms with Crippen LogP contribution in [-0.2, 0) is 13.0 Å². The Morgan fingerprint density at radius 3 is 2.45 bits per heavy atom. The summed E-state index contributed by atoms with van der Waals surface area (Å²) in [6, 6.07) is 15.0. The molecule has 0 aliphatic rings. The lowest BCUT2D eigenvalue weighted by atomic mass is 10.1. The number of primary amides is 1. The van der Waals surface area contributed by atoms with Crippen molar-refractivity contribution in [1.29, 1.82) is 0 Å². The molecule has 1 amide bonds. The molecule has 0 radical (unpaired) electrons. The normalized spacial score (nSPS) is 10.2. The Labute approximate surface area is 118 Å². The van der Waals surface area contributed by atoms with Crippen molar-refractivity contribution in [3.05, 3.63) is 65.2 Å². The molecule has 2 rings (SSSR count). The van der Waals surface area contributed by atoms with E-state index < -0.39 is 5.91 Å². The van der Waals surface area contributed by atoms with Gasteiger partial charge in [0.1, 0.15) is 12.4 Å². The van der Waals surface area contributed by atoms with E-state index in [9.17, 15) is 4.79 Å². The molecule has 20 heavy (non-hydrogen) atoms. The predicted octanol–water partition coefficient (Wildman–Crippen LogP) is 1.87. The Morgan fingerprint density at radius 1 is 1.05 bits per heavy atom. The van der Waals surface area contributed by atoms with Crippen LogP contribution in [0.1, 0.15) is 21.5 Å². The standard InChI is InChI=1S/C16H18N2O2/c17-9-8-12-4-6-15(7-5-12)20-11-13-2-1-3-14(10-13)16(18)19/h1-7,10H,8-9,11,17H2,(H2,18,19). The third kappa shape index (κ3) is 3.83. The molecular weight excluding hydrogens is 252 g/mol. The lowest BCUT2D eigenvalue weighted by Gasteiger charge is -2.08. The molecule has 4 nitrogen and oxygen atoms in total. The van der Waals surface area contributed by atoms with Crippen molar-refractivity contribution >= 4 is 5.91 Å². The van der Waals surface area contributed by atoms with Gasteiger partial charge in [-0.2, -0.15) is 0 Å². The van der Waals surface area contributed by atoms with E-state index in [2.05, 4.69) is 0 Å². The van der Waals surface area contributed by atoms with E-state index >= 15 is 0 Å². The fraction of sp³-hybridized carbons (Fsp3) is 0.188. The maximum Gasteiger partial charge on any atom is 0.248 e. The Kier molecular flexibility index (Phi) is 4.74. The number of nitrogens with two attached hydrogens (primary N) is 2. The highest BCUT2D eigenvalue weighted by Crippen LogP contribution is 2.15. The summed E-state index contributed by atoms with van der Waals surface area (Å²) in [5, 5.41) is 0. The SMILES string of the molecule is NCCc1ccc(OCc2cccc(C(N)=O)c2)cc1. The molecule has 0 heterocycles. The number of amides is 1. The fourth-order valence-electron chi connectivity index (χ4n) is 1.90. The van der Waals surface area contributed by atoms with Crippen molar-refractivity contribution in [3.8, 4) is 5.75 Å². The molecule has 0 aliphatic carbocycles. The first-order valence-corrected chi connectivity index (χ1v) is 6.49. The summed E-state index contributed by atoms with van der Waals surface area (Å²) in [6.07, 6.45) is 0.862. The van der Waals surface area contributed by atoms with Gasteiger partial charge in [-0.3, -0.25) is 4.79 Å². The predicted molar refractivity (Wildman–Crippen MR) is 78.5 cm³/mol. The maximum absolute atomic E-state index is 11.1. The maximum atomic E-state index is 11.1. The molecule has 2 aromatic rings. The molecule has 0 atom stereocenters. The summed E-state index contributed by atoms with van der Waals surface area (Å²) in [6.45, 7) is 1.04. The quantitative estimate of drug-likeness (QED) is 0.841. The zero-order chi connectivity index (χ0) is 14.4. The minimum Gasteiger partial charge on any atom is -0.489 e. The lowest BCUT2D eigenvalue weighted by molar-refractivity contribution is 0.1000. The first-order valence-electron chi connectivity index (χ1n) is 6.49. The van der Waals surface area contributed by atoms with Crippen LogP contribution in [0, 0.1) is 0 Å². The van der Waals surface area contributed by atoms with Crippen molar-refractivity contribution in [2.24, 2.45) is 11.5 Å². The summed E-state index contributed by atoms with van der Waals surface area (Å²) < 4.78 is 5.68. The van der Waals surface area contributed by atoms with Crippen LogP contribution in [0.3, 0.4) is 0 Å². The highest BCUT2D eigenvalue weighted by atomic mass is 16.5. The molecule has 104 valence electrons. The van der Waals surface area contributed by atoms with Crippen molar-refractivity contribution in [3.63, 3.8) is 0 Å². The van der Waals surface area contributed by atoms with E-state index in [1.54, 1.807) is 18.2 Å². The molecule has 0 aliphatic heterocycles. The van der Waals surface area contributed by atoms with Gasteiger partial charge in [0.25, 0.3) is 0 Å². The number of hydrogen-bond donors (Lipinski definition) is 2. The van der Waals surface area contributed by atoms with Gasteiger partial charge in [-0.25, -0.2) is 0 Å². The second-order valence-electron chi connectivity index (χ2n) is 4.54. The number of carbonyl (C=O) groups is 1. The molecular formula is C16H18N2O2. The zero-order valence-corrected chi connectivity index (χ0v) is 11.2. The minimum absolute atomic E-state index is 0.400. The average Bonchev–Trinajstić information content (AvgIpc) is 2.47. The van der Waals surface area contributed by atoms with Crippen LogP contribution in [-0.4, -0.2) is 12.5 Å². The Hall–Kier alpha value is -2.33. The van der Waals surface area contributed by atoms with Gasteiger partial charge >= 0.3 is 0 Å². The molecule has 0 bridgehead atoms. The summed E-state index contributed by atoms with van der Waals surface area (Å²) in [5.74, 6) is 0.355. The van der Waals surface area contributed by atoms with Crippen LogP contribution in [0.5, 0.6) is 5.75 Å². The van der Waals surface area contributed by atoms with Gasteiger partial charge < -0.3 is 16.2 Å². The third-order valence-corrected chi connectivity index (χ3v) is 2.97. The monoisotopic (exact) mass is 270 g/mol. The van der Waals surface area contributed by atoms with Gasteiger partial charge in [0.15, 0.2) is 0 Å². The van der Waals surface area contributed by atoms with Crippen molar-refractivity contribution < 1.29 is 9.53 Å². The Balaban J connectivity index is 1.97. The van der Waals surface area contributed by atoms with Gasteiger partial charge in [0.05, 0.1) is 0 Å². The first-order chi connectivity index (χ1) is 9.69. The number of hydrogen-bond acceptors (Lipinski definition) is 3. The summed E-state index contributed by atoms with van der Waals surface area (Å²) >= 11 is 0. The summed E-state index contributed by atoms with van der Waals surface area (Å²) in [4.78, 5) is 11.1. The van der Waals surface area contributed by atoms with Crippen LogP contribution in [0.4, 0.5) is 0 Å². The van der Waals surface area contributed by atoms with Crippen molar-refractivity contribution in [2.75, 3.05) is 6.54 Å². The highest BCUT2D eigenvalue weighted by Gasteiger charge is 2.02. The van der Waals surface area contributed by atoms with Gasteiger partial charge in [-0.15, -0.1) is 0 Å². The molecule has 0 saturated heterocycles. The van der Waals surface area contributed by atoms with Gasteiger partial charge in [0.2, 0.25) is 5.91 Å². The molecule has 0 fully saturated rings. The van der Waals surface area contributed by atoms with Crippen LogP contribution in [0.25, 0.3) is 0 Å². The molecule has 2 aromatic carbocycles. The molecule has 0 aromatic heterocycles. The van der Waals surface area contributed by atoms with E-state index in [0.717, 1.165) is 17.7 Å². The summed E-state index contributed by atoms with van der Waals surface area (Å²) in [5.41, 5.74) is 13.3. The largest absolute Gasteiger partial charge is 0.489 e. The first kappa shape index (κ1) is 14.1. The second-order valence-corrected chi connectivity index (χ2v) is 4.54. The van der Waals surface area contributed by atoms with Gasteiger partial charge in [-0.05, 0) is 48.4 Å². The van der Waals surface area contributed by atoms with E-state index in [0.29, 0.717) is 18.7 Å². The number of carbonyl (C=O) groups excluding carboxylic acids is 1.